The van der Waals surface area contributed by atoms with Gasteiger partial charge in [-0.1, -0.05) is 13.8 Å². The average molecular weight is 488 g/mol. The quantitative estimate of drug-likeness (QED) is 0.273. The summed E-state index contributed by atoms with van der Waals surface area (Å²) in [7, 11) is -2.35. The van der Waals surface area contributed by atoms with E-state index in [-0.39, 0.29) is 30.2 Å². The van der Waals surface area contributed by atoms with Crippen LogP contribution in [0.3, 0.4) is 0 Å². The molecule has 1 aromatic carbocycles. The van der Waals surface area contributed by atoms with E-state index < -0.39 is 27.3 Å². The van der Waals surface area contributed by atoms with Crippen LogP contribution in [0.4, 0.5) is 0 Å². The first kappa shape index (κ1) is 28.8. The monoisotopic (exact) mass is 487 g/mol. The van der Waals surface area contributed by atoms with Crippen LogP contribution < -0.4 is 15.4 Å². The molecule has 10 nitrogen and oxygen atoms in total. The summed E-state index contributed by atoms with van der Waals surface area (Å²) < 4.78 is 32.8. The minimum atomic E-state index is -3.84. The summed E-state index contributed by atoms with van der Waals surface area (Å²) in [6.07, 6.45) is 3.39. The lowest BCUT2D eigenvalue weighted by Gasteiger charge is -2.36. The Morgan fingerprint density at radius 2 is 1.70 bits per heavy atom. The van der Waals surface area contributed by atoms with Crippen LogP contribution >= 0.6 is 0 Å². The highest BCUT2D eigenvalue weighted by atomic mass is 32.2. The Bertz CT molecular complexity index is 853. The van der Waals surface area contributed by atoms with Gasteiger partial charge in [0.25, 0.3) is 0 Å². The summed E-state index contributed by atoms with van der Waals surface area (Å²) in [6.45, 7) is 4.91. The summed E-state index contributed by atoms with van der Waals surface area (Å²) in [5.74, 6) is 2.67. The average Bonchev–Trinajstić information content (AvgIpc) is 2.82. The number of benzene rings is 1. The van der Waals surface area contributed by atoms with Crippen LogP contribution in [0.25, 0.3) is 0 Å². The summed E-state index contributed by atoms with van der Waals surface area (Å²) >= 11 is 0. The normalized spacial score (nSPS) is 15.9. The Labute approximate surface area is 196 Å². The van der Waals surface area contributed by atoms with Crippen molar-refractivity contribution in [2.45, 2.75) is 57.3 Å². The zero-order valence-electron chi connectivity index (χ0n) is 19.6. The van der Waals surface area contributed by atoms with Gasteiger partial charge in [0.1, 0.15) is 11.2 Å². The molecule has 1 heterocycles. The number of carboxylic acid groups (broad SMARTS) is 1. The smallest absolute Gasteiger partial charge is 0.319 e. The van der Waals surface area contributed by atoms with E-state index in [1.54, 1.807) is 17.0 Å². The lowest BCUT2D eigenvalue weighted by molar-refractivity contribution is -0.162. The van der Waals surface area contributed by atoms with E-state index in [2.05, 4.69) is 10.6 Å². The number of nitrogens with two attached hydrogens (primary N) is 1. The first-order valence-electron chi connectivity index (χ1n) is 11.0. The van der Waals surface area contributed by atoms with Gasteiger partial charge in [0.05, 0.1) is 12.0 Å². The molecule has 0 radical (unpaired) electrons. The predicted molar refractivity (Wildman–Crippen MR) is 123 cm³/mol. The number of carboxylic acids is 1. The van der Waals surface area contributed by atoms with Gasteiger partial charge in [0.15, 0.2) is 0 Å². The number of carbonyl (C=O) groups is 2. The number of nitrogens with zero attached hydrogens (tertiary/aromatic N) is 1. The molecular formula is C22H37N3O7S. The lowest BCUT2D eigenvalue weighted by atomic mass is 9.76. The SMILES string of the molecule is COc1ccc(S(=O)(=O)NCC[C@](CCC(C)C)(C(=O)O)C(=O)N2CCCCC2)cc1.NO. The summed E-state index contributed by atoms with van der Waals surface area (Å²) in [5.41, 5.74) is -1.63. The Morgan fingerprint density at radius 1 is 1.12 bits per heavy atom. The van der Waals surface area contributed by atoms with Gasteiger partial charge in [0.2, 0.25) is 15.9 Å². The minimum absolute atomic E-state index is 0.0544. The second-order valence-corrected chi connectivity index (χ2v) is 10.3. The van der Waals surface area contributed by atoms with E-state index in [9.17, 15) is 23.1 Å². The molecule has 33 heavy (non-hydrogen) atoms. The maximum atomic E-state index is 13.3. The summed E-state index contributed by atoms with van der Waals surface area (Å²) in [4.78, 5) is 27.4. The first-order valence-corrected chi connectivity index (χ1v) is 12.5. The van der Waals surface area contributed by atoms with E-state index in [0.717, 1.165) is 19.3 Å². The van der Waals surface area contributed by atoms with Gasteiger partial charge in [-0.15, -0.1) is 0 Å². The van der Waals surface area contributed by atoms with Gasteiger partial charge in [-0.25, -0.2) is 19.0 Å². The van der Waals surface area contributed by atoms with Gasteiger partial charge in [-0.3, -0.25) is 9.59 Å². The van der Waals surface area contributed by atoms with Crippen molar-refractivity contribution >= 4 is 21.9 Å². The number of likely N-dealkylation sites (tertiary alicyclic amines) is 1. The number of ether oxygens (including phenoxy) is 1. The molecule has 11 heteroatoms. The third-order valence-electron chi connectivity index (χ3n) is 5.82. The van der Waals surface area contributed by atoms with Crippen molar-refractivity contribution < 1.29 is 33.1 Å². The third-order valence-corrected chi connectivity index (χ3v) is 7.30. The Morgan fingerprint density at radius 3 is 2.18 bits per heavy atom. The first-order chi connectivity index (χ1) is 15.6. The van der Waals surface area contributed by atoms with E-state index in [1.807, 2.05) is 13.8 Å². The minimum Gasteiger partial charge on any atom is -0.497 e. The van der Waals surface area contributed by atoms with Crippen LogP contribution in [0.15, 0.2) is 29.2 Å². The molecule has 0 saturated carbocycles. The van der Waals surface area contributed by atoms with E-state index in [0.29, 0.717) is 25.3 Å². The van der Waals surface area contributed by atoms with E-state index in [4.69, 9.17) is 9.94 Å². The van der Waals surface area contributed by atoms with Crippen molar-refractivity contribution in [2.24, 2.45) is 17.2 Å². The fraction of sp³-hybridized carbons (Fsp3) is 0.636. The molecule has 5 N–H and O–H groups in total. The predicted octanol–water partition coefficient (Wildman–Crippen LogP) is 2.22. The maximum Gasteiger partial charge on any atom is 0.319 e. The van der Waals surface area contributed by atoms with Crippen molar-refractivity contribution in [1.82, 2.24) is 9.62 Å². The van der Waals surface area contributed by atoms with Crippen LogP contribution in [0.1, 0.15) is 52.4 Å². The van der Waals surface area contributed by atoms with Crippen LogP contribution in [0, 0.1) is 11.3 Å². The number of hydrogen-bond donors (Lipinski definition) is 4. The molecule has 0 spiro atoms. The van der Waals surface area contributed by atoms with Gasteiger partial charge in [0, 0.05) is 19.6 Å². The fourth-order valence-corrected chi connectivity index (χ4v) is 4.85. The van der Waals surface area contributed by atoms with Gasteiger partial charge < -0.3 is 20.0 Å². The van der Waals surface area contributed by atoms with E-state index in [1.165, 1.54) is 19.2 Å². The topological polar surface area (TPSA) is 159 Å². The number of carbonyl (C=O) groups excluding carboxylic acids is 1. The number of methoxy groups -OCH3 is 1. The van der Waals surface area contributed by atoms with Gasteiger partial charge in [-0.2, -0.15) is 0 Å². The highest BCUT2D eigenvalue weighted by molar-refractivity contribution is 7.89. The molecule has 2 rings (SSSR count). The maximum absolute atomic E-state index is 13.3. The second-order valence-electron chi connectivity index (χ2n) is 8.50. The van der Waals surface area contributed by atoms with Gasteiger partial charge >= 0.3 is 5.97 Å². The highest BCUT2D eigenvalue weighted by Gasteiger charge is 2.47. The molecule has 1 saturated heterocycles. The van der Waals surface area contributed by atoms with Crippen molar-refractivity contribution in [3.8, 4) is 5.75 Å². The fourth-order valence-electron chi connectivity index (χ4n) is 3.82. The van der Waals surface area contributed by atoms with Crippen LogP contribution in [0.5, 0.6) is 5.75 Å². The molecule has 188 valence electrons. The van der Waals surface area contributed by atoms with E-state index >= 15 is 0 Å². The molecule has 1 aliphatic rings. The van der Waals surface area contributed by atoms with Crippen molar-refractivity contribution in [3.05, 3.63) is 24.3 Å². The van der Waals surface area contributed by atoms with Gasteiger partial charge in [-0.05, 0) is 68.7 Å². The van der Waals surface area contributed by atoms with Crippen LogP contribution in [0.2, 0.25) is 0 Å². The molecule has 1 fully saturated rings. The number of nitrogens with one attached hydrogen (secondary N) is 1. The van der Waals surface area contributed by atoms with Crippen molar-refractivity contribution in [2.75, 3.05) is 26.7 Å². The highest BCUT2D eigenvalue weighted by Crippen LogP contribution is 2.34. The Balaban J connectivity index is 0.00000265. The molecule has 0 unspecified atom stereocenters. The molecule has 0 bridgehead atoms. The largest absolute Gasteiger partial charge is 0.497 e. The molecule has 1 aliphatic heterocycles. The molecule has 1 aromatic rings. The molecule has 0 aliphatic carbocycles. The second kappa shape index (κ2) is 13.5. The Kier molecular flexibility index (Phi) is 11.8. The Hall–Kier alpha value is -2.21. The zero-order valence-corrected chi connectivity index (χ0v) is 20.4. The number of hydrogen-bond acceptors (Lipinski definition) is 7. The molecule has 1 atom stereocenters. The lowest BCUT2D eigenvalue weighted by Crippen LogP contribution is -2.51. The number of piperidine rings is 1. The number of rotatable bonds is 11. The van der Waals surface area contributed by atoms with Crippen LogP contribution in [-0.4, -0.2) is 62.3 Å². The molecule has 0 aromatic heterocycles. The van der Waals surface area contributed by atoms with Crippen molar-refractivity contribution in [3.63, 3.8) is 0 Å². The third kappa shape index (κ3) is 7.95. The zero-order chi connectivity index (χ0) is 25.1. The summed E-state index contributed by atoms with van der Waals surface area (Å²) in [6, 6.07) is 5.92. The molecule has 1 amide bonds. The molecular weight excluding hydrogens is 450 g/mol. The van der Waals surface area contributed by atoms with Crippen LogP contribution in [-0.2, 0) is 19.6 Å². The number of aliphatic carboxylic acids is 1. The number of sulfonamides is 1. The number of amides is 1. The summed E-state index contributed by atoms with van der Waals surface area (Å²) in [5, 5.41) is 16.6. The standard InChI is InChI=1S/C22H34N2O6S.H3NO/c1-17(2)11-12-22(21(26)27,20(25)24-15-5-4-6-16-24)13-14-23-31(28,29)19-9-7-18(30-3)8-10-19;1-2/h7-10,17,23H,4-6,11-16H2,1-3H3,(H,26,27);2H,1H2/t22-;/m0./s1. The van der Waals surface area contributed by atoms with Crippen molar-refractivity contribution in [1.29, 1.82) is 0 Å².